The second kappa shape index (κ2) is 7.94. The van der Waals surface area contributed by atoms with Gasteiger partial charge in [-0.05, 0) is 48.8 Å². The number of carbonyl (C=O) groups excluding carboxylic acids is 1. The summed E-state index contributed by atoms with van der Waals surface area (Å²) in [5.74, 6) is 0.522. The summed E-state index contributed by atoms with van der Waals surface area (Å²) >= 11 is 0. The Morgan fingerprint density at radius 3 is 2.86 bits per heavy atom. The maximum atomic E-state index is 15.3. The molecular formula is C25H26FN5O4. The van der Waals surface area contributed by atoms with Crippen molar-refractivity contribution in [3.8, 4) is 17.0 Å². The second-order valence-corrected chi connectivity index (χ2v) is 9.63. The average Bonchev–Trinajstić information content (AvgIpc) is 3.67. The van der Waals surface area contributed by atoms with Crippen molar-refractivity contribution in [1.82, 2.24) is 9.97 Å². The lowest BCUT2D eigenvalue weighted by atomic mass is 9.74. The van der Waals surface area contributed by atoms with E-state index in [2.05, 4.69) is 20.6 Å². The van der Waals surface area contributed by atoms with Crippen molar-refractivity contribution in [3.63, 3.8) is 0 Å². The number of anilines is 3. The fourth-order valence-electron chi connectivity index (χ4n) is 5.11. The van der Waals surface area contributed by atoms with Gasteiger partial charge in [0.05, 0.1) is 11.3 Å². The molecule has 0 spiro atoms. The number of amides is 1. The molecule has 3 aliphatic rings. The quantitative estimate of drug-likeness (QED) is 0.413. The first kappa shape index (κ1) is 21.8. The van der Waals surface area contributed by atoms with E-state index in [-0.39, 0.29) is 17.6 Å². The van der Waals surface area contributed by atoms with Gasteiger partial charge in [-0.15, -0.1) is 0 Å². The van der Waals surface area contributed by atoms with Crippen LogP contribution in [0.1, 0.15) is 31.2 Å². The van der Waals surface area contributed by atoms with Gasteiger partial charge in [0.1, 0.15) is 24.2 Å². The van der Waals surface area contributed by atoms with Crippen molar-refractivity contribution in [1.29, 1.82) is 0 Å². The van der Waals surface area contributed by atoms with Crippen LogP contribution in [0.15, 0.2) is 24.5 Å². The van der Waals surface area contributed by atoms with E-state index in [1.165, 1.54) is 6.20 Å². The molecule has 5 N–H and O–H groups in total. The number of hydrogen-bond donors (Lipinski definition) is 4. The fourth-order valence-corrected chi connectivity index (χ4v) is 5.11. The minimum Gasteiger partial charge on any atom is -0.474 e. The first-order valence-corrected chi connectivity index (χ1v) is 11.8. The number of nitrogens with two attached hydrogens (primary N) is 1. The Hall–Kier alpha value is -3.66. The van der Waals surface area contributed by atoms with Crippen LogP contribution in [0, 0.1) is 18.7 Å². The van der Waals surface area contributed by atoms with Crippen molar-refractivity contribution >= 4 is 34.1 Å². The minimum atomic E-state index is -0.685. The normalized spacial score (nSPS) is 23.0. The summed E-state index contributed by atoms with van der Waals surface area (Å²) in [6.07, 6.45) is 5.04. The fraction of sp³-hybridized carbons (Fsp3) is 0.400. The van der Waals surface area contributed by atoms with Gasteiger partial charge >= 0.3 is 6.09 Å². The Labute approximate surface area is 200 Å². The van der Waals surface area contributed by atoms with Crippen LogP contribution >= 0.6 is 0 Å². The molecule has 6 rings (SSSR count). The molecule has 0 saturated heterocycles. The predicted molar refractivity (Wildman–Crippen MR) is 129 cm³/mol. The molecule has 1 aliphatic heterocycles. The third-order valence-corrected chi connectivity index (χ3v) is 7.24. The number of nitrogens with one attached hydrogen (secondary N) is 2. The van der Waals surface area contributed by atoms with E-state index in [0.29, 0.717) is 59.7 Å². The minimum absolute atomic E-state index is 0.0331. The molecule has 0 atom stereocenters. The number of fused-ring (bicyclic) bond motifs is 2. The van der Waals surface area contributed by atoms with Crippen molar-refractivity contribution in [2.45, 2.75) is 44.3 Å². The van der Waals surface area contributed by atoms with Crippen LogP contribution in [-0.2, 0) is 4.74 Å². The molecule has 35 heavy (non-hydrogen) atoms. The number of nitrogen functional groups attached to an aromatic ring is 1. The number of aliphatic hydroxyl groups is 1. The van der Waals surface area contributed by atoms with Gasteiger partial charge < -0.3 is 25.6 Å². The number of pyridine rings is 2. The highest BCUT2D eigenvalue weighted by Crippen LogP contribution is 2.51. The zero-order valence-corrected chi connectivity index (χ0v) is 19.2. The zero-order valence-electron chi connectivity index (χ0n) is 19.2. The maximum Gasteiger partial charge on any atom is 0.413 e. The maximum absolute atomic E-state index is 15.3. The van der Waals surface area contributed by atoms with Crippen LogP contribution in [0.4, 0.5) is 26.4 Å². The summed E-state index contributed by atoms with van der Waals surface area (Å²) in [5, 5.41) is 17.3. The predicted octanol–water partition coefficient (Wildman–Crippen LogP) is 3.98. The highest BCUT2D eigenvalue weighted by molar-refractivity contribution is 5.99. The molecule has 1 amide bonds. The molecule has 3 heterocycles. The van der Waals surface area contributed by atoms with Crippen LogP contribution in [0.3, 0.4) is 0 Å². The summed E-state index contributed by atoms with van der Waals surface area (Å²) in [4.78, 5) is 20.9. The van der Waals surface area contributed by atoms with Crippen molar-refractivity contribution < 1.29 is 23.8 Å². The Kier molecular flexibility index (Phi) is 4.96. The van der Waals surface area contributed by atoms with Gasteiger partial charge in [0.2, 0.25) is 5.88 Å². The van der Waals surface area contributed by atoms with Crippen LogP contribution in [0.5, 0.6) is 5.88 Å². The molecular weight excluding hydrogens is 453 g/mol. The first-order chi connectivity index (χ1) is 16.8. The van der Waals surface area contributed by atoms with Gasteiger partial charge in [-0.25, -0.2) is 19.2 Å². The number of nitrogens with zero attached hydrogens (tertiary/aromatic N) is 2. The third kappa shape index (κ3) is 3.78. The SMILES string of the molecule is Cc1c(-c2cc3cc(NC(=O)OC4CC(O)(C5CC5)C4)ncc3c(N)c2F)cnc2c1NCCO2. The number of aromatic nitrogens is 2. The molecule has 0 unspecified atom stereocenters. The molecule has 2 aromatic heterocycles. The van der Waals surface area contributed by atoms with E-state index in [9.17, 15) is 9.90 Å². The molecule has 10 heteroatoms. The standard InChI is InChI=1S/C25H26FN5O4/c1-12-17(10-30-23-22(12)28-4-5-34-23)16-6-13-7-19(29-11-18(13)21(27)20(16)26)31-24(32)35-15-8-25(33,9-15)14-2-3-14/h6-7,10-11,14-15,28,33H,2-5,8-9,27H2,1H3,(H,29,31,32). The summed E-state index contributed by atoms with van der Waals surface area (Å²) in [6, 6.07) is 3.29. The van der Waals surface area contributed by atoms with Crippen LogP contribution in [0.25, 0.3) is 21.9 Å². The molecule has 1 aromatic carbocycles. The molecule has 2 saturated carbocycles. The number of benzene rings is 1. The number of carbonyl (C=O) groups is 1. The lowest BCUT2D eigenvalue weighted by Gasteiger charge is -2.43. The molecule has 2 aliphatic carbocycles. The van der Waals surface area contributed by atoms with Crippen LogP contribution in [0.2, 0.25) is 0 Å². The number of rotatable bonds is 4. The largest absolute Gasteiger partial charge is 0.474 e. The van der Waals surface area contributed by atoms with Gasteiger partial charge in [0.15, 0.2) is 5.82 Å². The van der Waals surface area contributed by atoms with Crippen molar-refractivity contribution in [3.05, 3.63) is 35.9 Å². The molecule has 182 valence electrons. The monoisotopic (exact) mass is 479 g/mol. The topological polar surface area (TPSA) is 132 Å². The van der Waals surface area contributed by atoms with Crippen LogP contribution < -0.4 is 21.1 Å². The molecule has 0 bridgehead atoms. The lowest BCUT2D eigenvalue weighted by molar-refractivity contribution is -0.126. The van der Waals surface area contributed by atoms with Gasteiger partial charge in [-0.3, -0.25) is 5.32 Å². The zero-order chi connectivity index (χ0) is 24.3. The third-order valence-electron chi connectivity index (χ3n) is 7.24. The van der Waals surface area contributed by atoms with Crippen molar-refractivity contribution in [2.75, 3.05) is 29.5 Å². The highest BCUT2D eigenvalue weighted by Gasteiger charge is 2.54. The van der Waals surface area contributed by atoms with E-state index < -0.39 is 17.5 Å². The lowest BCUT2D eigenvalue weighted by Crippen LogP contribution is -2.51. The number of hydrogen-bond acceptors (Lipinski definition) is 8. The molecule has 3 aromatic rings. The van der Waals surface area contributed by atoms with Gasteiger partial charge in [0.25, 0.3) is 0 Å². The van der Waals surface area contributed by atoms with Crippen LogP contribution in [-0.4, -0.2) is 46.0 Å². The van der Waals surface area contributed by atoms with E-state index in [4.69, 9.17) is 15.2 Å². The van der Waals surface area contributed by atoms with Gasteiger partial charge in [-0.1, -0.05) is 0 Å². The average molecular weight is 480 g/mol. The number of ether oxygens (including phenoxy) is 2. The second-order valence-electron chi connectivity index (χ2n) is 9.63. The summed E-state index contributed by atoms with van der Waals surface area (Å²) < 4.78 is 26.3. The van der Waals surface area contributed by atoms with Crippen molar-refractivity contribution in [2.24, 2.45) is 5.92 Å². The van der Waals surface area contributed by atoms with Gasteiger partial charge in [0, 0.05) is 48.3 Å². The Morgan fingerprint density at radius 2 is 2.09 bits per heavy atom. The summed E-state index contributed by atoms with van der Waals surface area (Å²) in [5.41, 5.74) is 7.83. The Morgan fingerprint density at radius 1 is 1.29 bits per heavy atom. The molecule has 2 fully saturated rings. The highest BCUT2D eigenvalue weighted by atomic mass is 19.1. The van der Waals surface area contributed by atoms with E-state index in [0.717, 1.165) is 24.1 Å². The Bertz CT molecular complexity index is 1350. The summed E-state index contributed by atoms with van der Waals surface area (Å²) in [7, 11) is 0. The van der Waals surface area contributed by atoms with E-state index in [1.807, 2.05) is 6.92 Å². The number of halogens is 1. The Balaban J connectivity index is 1.26. The first-order valence-electron chi connectivity index (χ1n) is 11.8. The summed E-state index contributed by atoms with van der Waals surface area (Å²) in [6.45, 7) is 3.03. The van der Waals surface area contributed by atoms with Gasteiger partial charge in [-0.2, -0.15) is 0 Å². The van der Waals surface area contributed by atoms with E-state index in [1.54, 1.807) is 18.3 Å². The smallest absolute Gasteiger partial charge is 0.413 e. The van der Waals surface area contributed by atoms with E-state index >= 15 is 4.39 Å². The molecule has 0 radical (unpaired) electrons. The molecule has 9 nitrogen and oxygen atoms in total.